The minimum Gasteiger partial charge on any atom is -0.465 e. The van der Waals surface area contributed by atoms with Crippen LogP contribution in [-0.4, -0.2) is 29.8 Å². The SMILES string of the molecule is COC(=O)c1sc(N[C@H](CO)c2cccc(Cl)c2)nc1Cl. The number of hydrogen-bond donors (Lipinski definition) is 2. The van der Waals surface area contributed by atoms with Gasteiger partial charge in [0.05, 0.1) is 19.8 Å². The summed E-state index contributed by atoms with van der Waals surface area (Å²) in [5.74, 6) is -0.547. The van der Waals surface area contributed by atoms with E-state index in [-0.39, 0.29) is 16.6 Å². The van der Waals surface area contributed by atoms with Gasteiger partial charge in [0.2, 0.25) is 0 Å². The van der Waals surface area contributed by atoms with Crippen LogP contribution in [0.3, 0.4) is 0 Å². The van der Waals surface area contributed by atoms with Crippen LogP contribution in [0.25, 0.3) is 0 Å². The van der Waals surface area contributed by atoms with Crippen molar-refractivity contribution in [2.45, 2.75) is 6.04 Å². The summed E-state index contributed by atoms with van der Waals surface area (Å²) < 4.78 is 4.61. The molecule has 5 nitrogen and oxygen atoms in total. The Morgan fingerprint density at radius 3 is 2.90 bits per heavy atom. The molecule has 0 spiro atoms. The normalized spacial score (nSPS) is 12.0. The van der Waals surface area contributed by atoms with E-state index >= 15 is 0 Å². The summed E-state index contributed by atoms with van der Waals surface area (Å²) in [6.45, 7) is -0.162. The number of benzene rings is 1. The molecule has 1 aromatic carbocycles. The average molecular weight is 347 g/mol. The Bertz CT molecular complexity index is 648. The lowest BCUT2D eigenvalue weighted by molar-refractivity contribution is 0.0606. The summed E-state index contributed by atoms with van der Waals surface area (Å²) in [5.41, 5.74) is 0.802. The van der Waals surface area contributed by atoms with E-state index in [1.54, 1.807) is 18.2 Å². The van der Waals surface area contributed by atoms with Crippen molar-refractivity contribution >= 4 is 45.6 Å². The fraction of sp³-hybridized carbons (Fsp3) is 0.231. The molecule has 0 amide bonds. The van der Waals surface area contributed by atoms with Crippen LogP contribution in [0.5, 0.6) is 0 Å². The van der Waals surface area contributed by atoms with E-state index in [2.05, 4.69) is 15.0 Å². The smallest absolute Gasteiger partial charge is 0.351 e. The van der Waals surface area contributed by atoms with Gasteiger partial charge >= 0.3 is 5.97 Å². The second-order valence-corrected chi connectivity index (χ2v) is 5.86. The van der Waals surface area contributed by atoms with Gasteiger partial charge in [0.25, 0.3) is 0 Å². The topological polar surface area (TPSA) is 71.5 Å². The maximum absolute atomic E-state index is 11.5. The van der Waals surface area contributed by atoms with Crippen molar-refractivity contribution in [3.05, 3.63) is 44.9 Å². The highest BCUT2D eigenvalue weighted by Crippen LogP contribution is 2.30. The first-order chi connectivity index (χ1) is 10.0. The summed E-state index contributed by atoms with van der Waals surface area (Å²) >= 11 is 12.9. The van der Waals surface area contributed by atoms with E-state index in [1.807, 2.05) is 6.07 Å². The van der Waals surface area contributed by atoms with Gasteiger partial charge in [-0.15, -0.1) is 0 Å². The number of carbonyl (C=O) groups is 1. The Hall–Kier alpha value is -1.34. The molecular formula is C13H12Cl2N2O3S. The van der Waals surface area contributed by atoms with Crippen LogP contribution in [0.1, 0.15) is 21.3 Å². The first-order valence-electron chi connectivity index (χ1n) is 5.92. The lowest BCUT2D eigenvalue weighted by atomic mass is 10.1. The molecule has 0 aliphatic rings. The molecular weight excluding hydrogens is 335 g/mol. The van der Waals surface area contributed by atoms with Gasteiger partial charge in [-0.25, -0.2) is 9.78 Å². The highest BCUT2D eigenvalue weighted by molar-refractivity contribution is 7.18. The number of halogens is 2. The minimum absolute atomic E-state index is 0.0668. The average Bonchev–Trinajstić information content (AvgIpc) is 2.84. The summed E-state index contributed by atoms with van der Waals surface area (Å²) in [7, 11) is 1.27. The van der Waals surface area contributed by atoms with Gasteiger partial charge in [-0.05, 0) is 17.7 Å². The number of ether oxygens (including phenoxy) is 1. The van der Waals surface area contributed by atoms with Crippen molar-refractivity contribution in [3.63, 3.8) is 0 Å². The van der Waals surface area contributed by atoms with Crippen LogP contribution in [0.15, 0.2) is 24.3 Å². The molecule has 21 heavy (non-hydrogen) atoms. The van der Waals surface area contributed by atoms with Gasteiger partial charge in [-0.1, -0.05) is 46.7 Å². The zero-order valence-corrected chi connectivity index (χ0v) is 13.3. The Labute approximate surface area is 135 Å². The van der Waals surface area contributed by atoms with Crippen LogP contribution in [0.4, 0.5) is 5.13 Å². The van der Waals surface area contributed by atoms with Crippen LogP contribution in [0.2, 0.25) is 10.2 Å². The number of nitrogens with zero attached hydrogens (tertiary/aromatic N) is 1. The second-order valence-electron chi connectivity index (χ2n) is 4.07. The number of aromatic nitrogens is 1. The van der Waals surface area contributed by atoms with E-state index in [0.29, 0.717) is 10.2 Å². The van der Waals surface area contributed by atoms with Gasteiger partial charge < -0.3 is 15.2 Å². The molecule has 0 radical (unpaired) electrons. The molecule has 2 aromatic rings. The lowest BCUT2D eigenvalue weighted by Crippen LogP contribution is -2.14. The first-order valence-corrected chi connectivity index (χ1v) is 7.50. The largest absolute Gasteiger partial charge is 0.465 e. The summed E-state index contributed by atoms with van der Waals surface area (Å²) in [5, 5.41) is 13.6. The summed E-state index contributed by atoms with van der Waals surface area (Å²) in [6, 6.07) is 6.70. The molecule has 2 N–H and O–H groups in total. The lowest BCUT2D eigenvalue weighted by Gasteiger charge is -2.16. The quantitative estimate of drug-likeness (QED) is 0.812. The molecule has 1 heterocycles. The van der Waals surface area contributed by atoms with Crippen molar-refractivity contribution in [3.8, 4) is 0 Å². The number of hydrogen-bond acceptors (Lipinski definition) is 6. The van der Waals surface area contributed by atoms with Gasteiger partial charge in [0.15, 0.2) is 15.2 Å². The van der Waals surface area contributed by atoms with Crippen LogP contribution < -0.4 is 5.32 Å². The third-order valence-corrected chi connectivity index (χ3v) is 4.28. The van der Waals surface area contributed by atoms with Crippen molar-refractivity contribution in [1.82, 2.24) is 4.98 Å². The number of aliphatic hydroxyl groups excluding tert-OH is 1. The van der Waals surface area contributed by atoms with Gasteiger partial charge in [0.1, 0.15) is 0 Å². The van der Waals surface area contributed by atoms with Crippen molar-refractivity contribution in [1.29, 1.82) is 0 Å². The molecule has 1 atom stereocenters. The number of nitrogens with one attached hydrogen (secondary N) is 1. The van der Waals surface area contributed by atoms with Crippen LogP contribution >= 0.6 is 34.5 Å². The number of rotatable bonds is 5. The Balaban J connectivity index is 2.21. The maximum Gasteiger partial charge on any atom is 0.351 e. The molecule has 0 aliphatic heterocycles. The van der Waals surface area contributed by atoms with E-state index in [9.17, 15) is 9.90 Å². The molecule has 0 saturated carbocycles. The molecule has 2 rings (SSSR count). The number of anilines is 1. The predicted octanol–water partition coefficient (Wildman–Crippen LogP) is 3.38. The third-order valence-electron chi connectivity index (χ3n) is 2.69. The molecule has 8 heteroatoms. The van der Waals surface area contributed by atoms with Crippen LogP contribution in [0, 0.1) is 0 Å². The van der Waals surface area contributed by atoms with Gasteiger partial charge in [0, 0.05) is 5.02 Å². The zero-order chi connectivity index (χ0) is 15.4. The van der Waals surface area contributed by atoms with Crippen molar-refractivity contribution in [2.75, 3.05) is 19.0 Å². The highest BCUT2D eigenvalue weighted by Gasteiger charge is 2.19. The number of methoxy groups -OCH3 is 1. The third kappa shape index (κ3) is 3.85. The zero-order valence-electron chi connectivity index (χ0n) is 11.0. The molecule has 0 bridgehead atoms. The highest BCUT2D eigenvalue weighted by atomic mass is 35.5. The molecule has 1 aromatic heterocycles. The minimum atomic E-state index is -0.547. The fourth-order valence-electron chi connectivity index (χ4n) is 1.69. The van der Waals surface area contributed by atoms with E-state index in [4.69, 9.17) is 23.2 Å². The standard InChI is InChI=1S/C13H12Cl2N2O3S/c1-20-12(19)10-11(15)17-13(21-10)16-9(6-18)7-3-2-4-8(14)5-7/h2-5,9,18H,6H2,1H3,(H,16,17)/t9-/m1/s1. The van der Waals surface area contributed by atoms with E-state index < -0.39 is 12.0 Å². The van der Waals surface area contributed by atoms with Crippen molar-refractivity contribution in [2.24, 2.45) is 0 Å². The second kappa shape index (κ2) is 7.09. The number of esters is 1. The Morgan fingerprint density at radius 1 is 1.52 bits per heavy atom. The van der Waals surface area contributed by atoms with Gasteiger partial charge in [-0.2, -0.15) is 0 Å². The first kappa shape index (κ1) is 16.0. The molecule has 0 fully saturated rings. The van der Waals surface area contributed by atoms with E-state index in [0.717, 1.165) is 16.9 Å². The molecule has 0 unspecified atom stereocenters. The number of carbonyl (C=O) groups excluding carboxylic acids is 1. The predicted molar refractivity (Wildman–Crippen MR) is 83.4 cm³/mol. The van der Waals surface area contributed by atoms with E-state index in [1.165, 1.54) is 7.11 Å². The maximum atomic E-state index is 11.5. The van der Waals surface area contributed by atoms with Crippen molar-refractivity contribution < 1.29 is 14.6 Å². The summed E-state index contributed by atoms with van der Waals surface area (Å²) in [6.07, 6.45) is 0. The molecule has 112 valence electrons. The number of aliphatic hydroxyl groups is 1. The summed E-state index contributed by atoms with van der Waals surface area (Å²) in [4.78, 5) is 15.7. The molecule has 0 aliphatic carbocycles. The molecule has 0 saturated heterocycles. The van der Waals surface area contributed by atoms with Crippen LogP contribution in [-0.2, 0) is 4.74 Å². The number of thiazole rings is 1. The fourth-order valence-corrected chi connectivity index (χ4v) is 3.04. The Morgan fingerprint density at radius 2 is 2.29 bits per heavy atom. The Kier molecular flexibility index (Phi) is 5.41. The van der Waals surface area contributed by atoms with Gasteiger partial charge in [-0.3, -0.25) is 0 Å². The monoisotopic (exact) mass is 346 g/mol.